The fourth-order valence-corrected chi connectivity index (χ4v) is 1.48. The summed E-state index contributed by atoms with van der Waals surface area (Å²) in [6, 6.07) is 6.03. The molecule has 4 nitrogen and oxygen atoms in total. The largest absolute Gasteiger partial charge is 0.435 e. The van der Waals surface area contributed by atoms with Crippen molar-refractivity contribution in [3.63, 3.8) is 0 Å². The molecule has 0 unspecified atom stereocenters. The van der Waals surface area contributed by atoms with Crippen molar-refractivity contribution < 1.29 is 13.5 Å². The summed E-state index contributed by atoms with van der Waals surface area (Å²) in [6.45, 7) is 1.71. The van der Waals surface area contributed by atoms with Crippen LogP contribution in [0.25, 0.3) is 0 Å². The van der Waals surface area contributed by atoms with Crippen LogP contribution in [0.2, 0.25) is 0 Å². The minimum atomic E-state index is -0.723. The Bertz CT molecular complexity index is 644. The summed E-state index contributed by atoms with van der Waals surface area (Å²) >= 11 is 0. The van der Waals surface area contributed by atoms with Crippen molar-refractivity contribution in [1.82, 2.24) is 4.98 Å². The molecular weight excluding hydrogens is 252 g/mol. The number of pyridine rings is 1. The average Bonchev–Trinajstić information content (AvgIpc) is 2.33. The highest BCUT2D eigenvalue weighted by Crippen LogP contribution is 2.26. The molecule has 1 aromatic heterocycles. The molecule has 0 saturated carbocycles. The van der Waals surface area contributed by atoms with E-state index in [4.69, 9.17) is 15.9 Å². The number of amidine groups is 1. The van der Waals surface area contributed by atoms with Gasteiger partial charge in [0.2, 0.25) is 5.88 Å². The maximum absolute atomic E-state index is 13.5. The molecule has 2 aromatic rings. The lowest BCUT2D eigenvalue weighted by atomic mass is 10.2. The molecule has 0 radical (unpaired) electrons. The molecule has 0 fully saturated rings. The summed E-state index contributed by atoms with van der Waals surface area (Å²) in [5.74, 6) is -1.95. The Hall–Kier alpha value is -2.50. The third kappa shape index (κ3) is 2.85. The van der Waals surface area contributed by atoms with Gasteiger partial charge in [-0.25, -0.2) is 13.8 Å². The number of nitrogens with zero attached hydrogens (tertiary/aromatic N) is 1. The van der Waals surface area contributed by atoms with Gasteiger partial charge in [-0.3, -0.25) is 5.41 Å². The second-order valence-electron chi connectivity index (χ2n) is 3.90. The fourth-order valence-electron chi connectivity index (χ4n) is 1.48. The van der Waals surface area contributed by atoms with E-state index in [0.29, 0.717) is 5.69 Å². The Balaban J connectivity index is 2.45. The molecule has 1 aromatic carbocycles. The highest BCUT2D eigenvalue weighted by molar-refractivity contribution is 5.97. The first-order chi connectivity index (χ1) is 8.97. The lowest BCUT2D eigenvalue weighted by molar-refractivity contribution is 0.421. The Labute approximate surface area is 108 Å². The number of halogens is 2. The van der Waals surface area contributed by atoms with Crippen LogP contribution in [-0.2, 0) is 0 Å². The fraction of sp³-hybridized carbons (Fsp3) is 0.0769. The quantitative estimate of drug-likeness (QED) is 0.660. The number of benzene rings is 1. The SMILES string of the molecule is Cc1ccc(C(=N)N)c(Oc2cc(F)ccc2F)n1. The molecule has 0 aliphatic carbocycles. The molecule has 98 valence electrons. The monoisotopic (exact) mass is 263 g/mol. The van der Waals surface area contributed by atoms with Crippen molar-refractivity contribution in [2.75, 3.05) is 0 Å². The highest BCUT2D eigenvalue weighted by atomic mass is 19.1. The van der Waals surface area contributed by atoms with Crippen LogP contribution in [-0.4, -0.2) is 10.8 Å². The Morgan fingerprint density at radius 1 is 1.26 bits per heavy atom. The second kappa shape index (κ2) is 5.01. The molecule has 0 bridgehead atoms. The topological polar surface area (TPSA) is 72.0 Å². The maximum atomic E-state index is 13.5. The Morgan fingerprint density at radius 3 is 2.68 bits per heavy atom. The zero-order valence-electron chi connectivity index (χ0n) is 10.1. The normalized spacial score (nSPS) is 10.3. The van der Waals surface area contributed by atoms with E-state index in [9.17, 15) is 8.78 Å². The molecule has 2 rings (SSSR count). The van der Waals surface area contributed by atoms with Crippen molar-refractivity contribution in [3.8, 4) is 11.6 Å². The van der Waals surface area contributed by atoms with E-state index in [0.717, 1.165) is 18.2 Å². The number of nitrogen functional groups attached to an aromatic ring is 1. The minimum Gasteiger partial charge on any atom is -0.435 e. The van der Waals surface area contributed by atoms with Gasteiger partial charge in [-0.1, -0.05) is 0 Å². The minimum absolute atomic E-state index is 0.0306. The van der Waals surface area contributed by atoms with Crippen molar-refractivity contribution in [2.24, 2.45) is 5.73 Å². The number of aryl methyl sites for hydroxylation is 1. The summed E-state index contributed by atoms with van der Waals surface area (Å²) in [5, 5.41) is 7.40. The third-order valence-electron chi connectivity index (χ3n) is 2.39. The van der Waals surface area contributed by atoms with Crippen molar-refractivity contribution >= 4 is 5.84 Å². The number of hydrogen-bond donors (Lipinski definition) is 2. The van der Waals surface area contributed by atoms with Crippen LogP contribution in [0.5, 0.6) is 11.6 Å². The van der Waals surface area contributed by atoms with Crippen molar-refractivity contribution in [3.05, 3.63) is 53.2 Å². The van der Waals surface area contributed by atoms with Gasteiger partial charge >= 0.3 is 0 Å². The lowest BCUT2D eigenvalue weighted by Crippen LogP contribution is -2.13. The molecule has 0 aliphatic rings. The molecule has 6 heteroatoms. The summed E-state index contributed by atoms with van der Waals surface area (Å²) in [5.41, 5.74) is 6.21. The van der Waals surface area contributed by atoms with Crippen molar-refractivity contribution in [2.45, 2.75) is 6.92 Å². The van der Waals surface area contributed by atoms with E-state index in [2.05, 4.69) is 4.98 Å². The van der Waals surface area contributed by atoms with Crippen LogP contribution in [0.1, 0.15) is 11.3 Å². The van der Waals surface area contributed by atoms with Gasteiger partial charge in [-0.15, -0.1) is 0 Å². The van der Waals surface area contributed by atoms with Gasteiger partial charge in [-0.2, -0.15) is 0 Å². The third-order valence-corrected chi connectivity index (χ3v) is 2.39. The number of aromatic nitrogens is 1. The van der Waals surface area contributed by atoms with Gasteiger partial charge < -0.3 is 10.5 Å². The Morgan fingerprint density at radius 2 is 2.00 bits per heavy atom. The summed E-state index contributed by atoms with van der Waals surface area (Å²) < 4.78 is 31.8. The Kier molecular flexibility index (Phi) is 3.41. The van der Waals surface area contributed by atoms with Gasteiger partial charge in [0.05, 0.1) is 5.56 Å². The summed E-state index contributed by atoms with van der Waals surface area (Å²) in [6.07, 6.45) is 0. The van der Waals surface area contributed by atoms with Crippen LogP contribution in [0.4, 0.5) is 8.78 Å². The first-order valence-corrected chi connectivity index (χ1v) is 5.42. The second-order valence-corrected chi connectivity index (χ2v) is 3.90. The van der Waals surface area contributed by atoms with Crippen molar-refractivity contribution in [1.29, 1.82) is 5.41 Å². The molecule has 1 heterocycles. The molecule has 3 N–H and O–H groups in total. The zero-order chi connectivity index (χ0) is 14.0. The van der Waals surface area contributed by atoms with Gasteiger partial charge in [-0.05, 0) is 31.2 Å². The van der Waals surface area contributed by atoms with Gasteiger partial charge in [0.15, 0.2) is 11.6 Å². The number of hydrogen-bond acceptors (Lipinski definition) is 3. The van der Waals surface area contributed by atoms with Crippen LogP contribution in [0.3, 0.4) is 0 Å². The standard InChI is InChI=1S/C13H11F2N3O/c1-7-2-4-9(12(16)17)13(18-7)19-11-6-8(14)3-5-10(11)15/h2-6H,1H3,(H3,16,17). The molecule has 0 aliphatic heterocycles. The van der Waals surface area contributed by atoms with Gasteiger partial charge in [0, 0.05) is 11.8 Å². The van der Waals surface area contributed by atoms with E-state index >= 15 is 0 Å². The van der Waals surface area contributed by atoms with Crippen LogP contribution in [0.15, 0.2) is 30.3 Å². The molecular formula is C13H11F2N3O. The van der Waals surface area contributed by atoms with Crippen LogP contribution >= 0.6 is 0 Å². The smallest absolute Gasteiger partial charge is 0.230 e. The van der Waals surface area contributed by atoms with E-state index in [1.165, 1.54) is 6.07 Å². The molecule has 0 spiro atoms. The first-order valence-electron chi connectivity index (χ1n) is 5.42. The molecule has 0 atom stereocenters. The van der Waals surface area contributed by atoms with E-state index in [1.807, 2.05) is 0 Å². The van der Waals surface area contributed by atoms with E-state index in [1.54, 1.807) is 13.0 Å². The van der Waals surface area contributed by atoms with Crippen LogP contribution in [0, 0.1) is 24.0 Å². The zero-order valence-corrected chi connectivity index (χ0v) is 10.1. The number of nitrogens with two attached hydrogens (primary N) is 1. The highest BCUT2D eigenvalue weighted by Gasteiger charge is 2.13. The predicted octanol–water partition coefficient (Wildman–Crippen LogP) is 2.74. The first kappa shape index (κ1) is 12.9. The van der Waals surface area contributed by atoms with Crippen LogP contribution < -0.4 is 10.5 Å². The summed E-state index contributed by atoms with van der Waals surface area (Å²) in [7, 11) is 0. The lowest BCUT2D eigenvalue weighted by Gasteiger charge is -2.10. The maximum Gasteiger partial charge on any atom is 0.230 e. The molecule has 0 amide bonds. The van der Waals surface area contributed by atoms with E-state index < -0.39 is 11.6 Å². The molecule has 0 saturated heterocycles. The summed E-state index contributed by atoms with van der Waals surface area (Å²) in [4.78, 5) is 4.03. The van der Waals surface area contributed by atoms with Gasteiger partial charge in [0.1, 0.15) is 11.7 Å². The van der Waals surface area contributed by atoms with Gasteiger partial charge in [0.25, 0.3) is 0 Å². The number of nitrogens with one attached hydrogen (secondary N) is 1. The van der Waals surface area contributed by atoms with E-state index in [-0.39, 0.29) is 23.0 Å². The molecule has 19 heavy (non-hydrogen) atoms. The average molecular weight is 263 g/mol. The predicted molar refractivity (Wildman–Crippen MR) is 66.4 cm³/mol. The number of rotatable bonds is 3. The number of ether oxygens (including phenoxy) is 1.